The normalized spacial score (nSPS) is 14.2. The molecule has 0 spiro atoms. The van der Waals surface area contributed by atoms with E-state index in [-0.39, 0.29) is 6.03 Å². The third-order valence-electron chi connectivity index (χ3n) is 5.67. The minimum Gasteiger partial charge on any atom is -0.496 e. The lowest BCUT2D eigenvalue weighted by molar-refractivity contribution is 0.201. The molecule has 2 aromatic carbocycles. The number of oxazole rings is 1. The van der Waals surface area contributed by atoms with Crippen LogP contribution in [0.15, 0.2) is 47.0 Å². The van der Waals surface area contributed by atoms with Crippen molar-refractivity contribution in [2.45, 2.75) is 19.9 Å². The molecule has 0 bridgehead atoms. The highest BCUT2D eigenvalue weighted by atomic mass is 35.5. The zero-order valence-electron chi connectivity index (χ0n) is 18.6. The number of nitrogens with one attached hydrogen (secondary N) is 1. The first kappa shape index (κ1) is 23.3. The maximum atomic E-state index is 12.7. The fraction of sp³-hybridized carbons (Fsp3) is 0.333. The van der Waals surface area contributed by atoms with Crippen molar-refractivity contribution in [3.63, 3.8) is 0 Å². The maximum Gasteiger partial charge on any atom is 0.317 e. The van der Waals surface area contributed by atoms with Crippen LogP contribution in [0.1, 0.15) is 17.9 Å². The van der Waals surface area contributed by atoms with Crippen molar-refractivity contribution >= 4 is 34.9 Å². The Labute approximate surface area is 203 Å². The van der Waals surface area contributed by atoms with Gasteiger partial charge in [-0.2, -0.15) is 0 Å². The fourth-order valence-corrected chi connectivity index (χ4v) is 4.37. The molecule has 1 aliphatic heterocycles. The van der Waals surface area contributed by atoms with Crippen LogP contribution < -0.4 is 15.0 Å². The van der Waals surface area contributed by atoms with E-state index < -0.39 is 0 Å². The highest BCUT2D eigenvalue weighted by molar-refractivity contribution is 6.35. The third kappa shape index (κ3) is 5.54. The number of urea groups is 1. The van der Waals surface area contributed by atoms with E-state index in [9.17, 15) is 4.79 Å². The topological polar surface area (TPSA) is 70.8 Å². The van der Waals surface area contributed by atoms with Crippen molar-refractivity contribution in [3.05, 3.63) is 64.1 Å². The summed E-state index contributed by atoms with van der Waals surface area (Å²) in [5.74, 6) is 2.01. The Balaban J connectivity index is 1.39. The standard InChI is InChI=1S/C24H26Cl2N4O3/c1-16-27-15-23(33-16)20-7-6-19(13-22(20)32-2)29-8-3-9-30(11-10-29)24(31)28-14-17-4-5-18(25)12-21(17)26/h4-7,12-13,15H,3,8-11,14H2,1-2H3,(H,28,31). The summed E-state index contributed by atoms with van der Waals surface area (Å²) in [5, 5.41) is 4.08. The molecule has 2 amide bonds. The summed E-state index contributed by atoms with van der Waals surface area (Å²) in [6.07, 6.45) is 2.56. The number of nitrogens with zero attached hydrogens (tertiary/aromatic N) is 3. The molecule has 9 heteroatoms. The molecule has 1 saturated heterocycles. The number of aryl methyl sites for hydroxylation is 1. The molecule has 3 aromatic rings. The van der Waals surface area contributed by atoms with Crippen molar-refractivity contribution in [3.8, 4) is 17.1 Å². The molecule has 7 nitrogen and oxygen atoms in total. The summed E-state index contributed by atoms with van der Waals surface area (Å²) < 4.78 is 11.3. The molecular formula is C24H26Cl2N4O3. The Bertz CT molecular complexity index is 1130. The Morgan fingerprint density at radius 2 is 2.00 bits per heavy atom. The molecule has 0 atom stereocenters. The van der Waals surface area contributed by atoms with Crippen molar-refractivity contribution in [2.75, 3.05) is 38.2 Å². The van der Waals surface area contributed by atoms with Crippen molar-refractivity contribution in [1.82, 2.24) is 15.2 Å². The van der Waals surface area contributed by atoms with Crippen molar-refractivity contribution in [1.29, 1.82) is 0 Å². The molecule has 33 heavy (non-hydrogen) atoms. The molecule has 0 saturated carbocycles. The lowest BCUT2D eigenvalue weighted by Crippen LogP contribution is -2.41. The van der Waals surface area contributed by atoms with Gasteiger partial charge in [-0.25, -0.2) is 9.78 Å². The summed E-state index contributed by atoms with van der Waals surface area (Å²) in [7, 11) is 1.65. The average molecular weight is 489 g/mol. The van der Waals surface area contributed by atoms with Gasteiger partial charge in [0.15, 0.2) is 11.7 Å². The zero-order valence-corrected chi connectivity index (χ0v) is 20.1. The molecule has 0 unspecified atom stereocenters. The van der Waals surface area contributed by atoms with Gasteiger partial charge in [-0.1, -0.05) is 29.3 Å². The predicted octanol–water partition coefficient (Wildman–Crippen LogP) is 5.39. The van der Waals surface area contributed by atoms with E-state index in [0.29, 0.717) is 41.3 Å². The van der Waals surface area contributed by atoms with Crippen LogP contribution in [-0.4, -0.2) is 49.2 Å². The Kier molecular flexibility index (Phi) is 7.30. The van der Waals surface area contributed by atoms with Crippen LogP contribution in [0, 0.1) is 6.92 Å². The van der Waals surface area contributed by atoms with E-state index in [1.807, 2.05) is 36.1 Å². The van der Waals surface area contributed by atoms with Crippen LogP contribution in [0.3, 0.4) is 0 Å². The number of carbonyl (C=O) groups is 1. The number of carbonyl (C=O) groups excluding carboxylic acids is 1. The third-order valence-corrected chi connectivity index (χ3v) is 6.25. The van der Waals surface area contributed by atoms with E-state index in [0.717, 1.165) is 42.1 Å². The lowest BCUT2D eigenvalue weighted by Gasteiger charge is -2.24. The quantitative estimate of drug-likeness (QED) is 0.521. The number of methoxy groups -OCH3 is 1. The second kappa shape index (κ2) is 10.4. The number of rotatable bonds is 5. The zero-order chi connectivity index (χ0) is 23.4. The maximum absolute atomic E-state index is 12.7. The number of aromatic nitrogens is 1. The van der Waals surface area contributed by atoms with E-state index in [1.54, 1.807) is 25.4 Å². The summed E-state index contributed by atoms with van der Waals surface area (Å²) in [6.45, 7) is 5.03. The highest BCUT2D eigenvalue weighted by Gasteiger charge is 2.21. The summed E-state index contributed by atoms with van der Waals surface area (Å²) in [6, 6.07) is 11.2. The molecule has 1 aliphatic rings. The molecule has 174 valence electrons. The van der Waals surface area contributed by atoms with Gasteiger partial charge in [0.05, 0.1) is 18.9 Å². The summed E-state index contributed by atoms with van der Waals surface area (Å²) >= 11 is 12.2. The minimum atomic E-state index is -0.100. The van der Waals surface area contributed by atoms with E-state index >= 15 is 0 Å². The number of halogens is 2. The Morgan fingerprint density at radius 3 is 2.73 bits per heavy atom. The number of hydrogen-bond donors (Lipinski definition) is 1. The van der Waals surface area contributed by atoms with Crippen LogP contribution in [0.4, 0.5) is 10.5 Å². The van der Waals surface area contributed by atoms with Crippen LogP contribution in [0.5, 0.6) is 5.75 Å². The van der Waals surface area contributed by atoms with Gasteiger partial charge >= 0.3 is 6.03 Å². The second-order valence-corrected chi connectivity index (χ2v) is 8.69. The van der Waals surface area contributed by atoms with Gasteiger partial charge in [0.25, 0.3) is 0 Å². The molecule has 1 aromatic heterocycles. The average Bonchev–Trinajstić information content (AvgIpc) is 3.09. The highest BCUT2D eigenvalue weighted by Crippen LogP contribution is 2.34. The second-order valence-electron chi connectivity index (χ2n) is 7.85. The van der Waals surface area contributed by atoms with Gasteiger partial charge in [0.1, 0.15) is 5.75 Å². The number of amides is 2. The summed E-state index contributed by atoms with van der Waals surface area (Å²) in [5.41, 5.74) is 2.74. The largest absolute Gasteiger partial charge is 0.496 e. The molecule has 2 heterocycles. The van der Waals surface area contributed by atoms with E-state index in [2.05, 4.69) is 15.2 Å². The number of benzene rings is 2. The van der Waals surface area contributed by atoms with Crippen LogP contribution in [0.25, 0.3) is 11.3 Å². The van der Waals surface area contributed by atoms with Gasteiger partial charge in [-0.05, 0) is 36.2 Å². The number of ether oxygens (including phenoxy) is 1. The smallest absolute Gasteiger partial charge is 0.317 e. The predicted molar refractivity (Wildman–Crippen MR) is 130 cm³/mol. The van der Waals surface area contributed by atoms with Crippen molar-refractivity contribution in [2.24, 2.45) is 0 Å². The van der Waals surface area contributed by atoms with Gasteiger partial charge in [-0.15, -0.1) is 0 Å². The fourth-order valence-electron chi connectivity index (χ4n) is 3.89. The first-order valence-corrected chi connectivity index (χ1v) is 11.5. The van der Waals surface area contributed by atoms with Crippen LogP contribution in [-0.2, 0) is 6.54 Å². The summed E-state index contributed by atoms with van der Waals surface area (Å²) in [4.78, 5) is 21.0. The van der Waals surface area contributed by atoms with E-state index in [4.69, 9.17) is 32.4 Å². The monoisotopic (exact) mass is 488 g/mol. The Hall–Kier alpha value is -2.90. The van der Waals surface area contributed by atoms with Crippen molar-refractivity contribution < 1.29 is 13.9 Å². The lowest BCUT2D eigenvalue weighted by atomic mass is 10.1. The molecule has 0 aliphatic carbocycles. The Morgan fingerprint density at radius 1 is 1.15 bits per heavy atom. The first-order chi connectivity index (χ1) is 15.9. The molecule has 1 fully saturated rings. The van der Waals surface area contributed by atoms with Gasteiger partial charge in [0.2, 0.25) is 0 Å². The SMILES string of the molecule is COc1cc(N2CCCN(C(=O)NCc3ccc(Cl)cc3Cl)CC2)ccc1-c1cnc(C)o1. The number of anilines is 1. The molecule has 0 radical (unpaired) electrons. The number of hydrogen-bond acceptors (Lipinski definition) is 5. The van der Waals surface area contributed by atoms with Gasteiger partial charge in [0, 0.05) is 61.4 Å². The minimum absolute atomic E-state index is 0.100. The van der Waals surface area contributed by atoms with Crippen LogP contribution in [0.2, 0.25) is 10.0 Å². The van der Waals surface area contributed by atoms with E-state index in [1.165, 1.54) is 0 Å². The molecular weight excluding hydrogens is 463 g/mol. The van der Waals surface area contributed by atoms with Gasteiger partial charge in [-0.3, -0.25) is 0 Å². The molecule has 4 rings (SSSR count). The van der Waals surface area contributed by atoms with Crippen LogP contribution >= 0.6 is 23.2 Å². The first-order valence-electron chi connectivity index (χ1n) is 10.8. The molecule has 1 N–H and O–H groups in total. The van der Waals surface area contributed by atoms with Gasteiger partial charge < -0.3 is 24.3 Å².